The molecular formula is C19H27N. The number of benzene rings is 1. The first kappa shape index (κ1) is 15.1. The van der Waals surface area contributed by atoms with Crippen LogP contribution < -0.4 is 5.32 Å². The van der Waals surface area contributed by atoms with Gasteiger partial charge in [0.15, 0.2) is 0 Å². The van der Waals surface area contributed by atoms with Crippen LogP contribution in [0.1, 0.15) is 59.1 Å². The van der Waals surface area contributed by atoms with Crippen molar-refractivity contribution in [2.24, 2.45) is 0 Å². The fourth-order valence-corrected chi connectivity index (χ4v) is 2.70. The van der Waals surface area contributed by atoms with E-state index < -0.39 is 0 Å². The molecule has 1 aromatic carbocycles. The fraction of sp³-hybridized carbons (Fsp3) is 0.474. The molecule has 2 rings (SSSR count). The molecule has 0 spiro atoms. The van der Waals surface area contributed by atoms with E-state index in [-0.39, 0.29) is 5.54 Å². The molecule has 1 aliphatic rings. The summed E-state index contributed by atoms with van der Waals surface area (Å²) in [6.45, 7) is 14.3. The van der Waals surface area contributed by atoms with Crippen LogP contribution in [-0.4, -0.2) is 5.54 Å². The van der Waals surface area contributed by atoms with Crippen LogP contribution in [-0.2, 0) is 6.54 Å². The van der Waals surface area contributed by atoms with Gasteiger partial charge in [-0.2, -0.15) is 0 Å². The van der Waals surface area contributed by atoms with Gasteiger partial charge in [0, 0.05) is 12.1 Å². The third kappa shape index (κ3) is 3.21. The molecule has 1 aliphatic carbocycles. The smallest absolute Gasteiger partial charge is 0.0216 e. The maximum Gasteiger partial charge on any atom is 0.0216 e. The summed E-state index contributed by atoms with van der Waals surface area (Å²) in [6.07, 6.45) is 1.10. The SMILES string of the molecule is CC1=C(C)C(C)=C(c2ccccc2CNC(C)(C)C)C1. The van der Waals surface area contributed by atoms with Crippen molar-refractivity contribution >= 4 is 5.57 Å². The second kappa shape index (κ2) is 5.57. The summed E-state index contributed by atoms with van der Waals surface area (Å²) in [7, 11) is 0. The normalized spacial score (nSPS) is 16.3. The highest BCUT2D eigenvalue weighted by atomic mass is 14.9. The lowest BCUT2D eigenvalue weighted by Gasteiger charge is -2.22. The molecule has 0 aliphatic heterocycles. The lowest BCUT2D eigenvalue weighted by molar-refractivity contribution is 0.424. The standard InChI is InChI=1S/C19H27N/c1-13-11-18(15(3)14(13)2)17-10-8-7-9-16(17)12-20-19(4,5)6/h7-10,20H,11-12H2,1-6H3. The van der Waals surface area contributed by atoms with Crippen molar-refractivity contribution in [2.45, 2.75) is 60.0 Å². The van der Waals surface area contributed by atoms with Crippen LogP contribution in [0.2, 0.25) is 0 Å². The number of hydrogen-bond acceptors (Lipinski definition) is 1. The van der Waals surface area contributed by atoms with Crippen LogP contribution >= 0.6 is 0 Å². The molecule has 1 nitrogen and oxygen atoms in total. The van der Waals surface area contributed by atoms with Crippen molar-refractivity contribution in [3.63, 3.8) is 0 Å². The van der Waals surface area contributed by atoms with Gasteiger partial charge in [0.05, 0.1) is 0 Å². The van der Waals surface area contributed by atoms with Crippen LogP contribution in [0.5, 0.6) is 0 Å². The first-order valence-electron chi connectivity index (χ1n) is 7.49. The Morgan fingerprint density at radius 2 is 1.65 bits per heavy atom. The Kier molecular flexibility index (Phi) is 4.19. The second-order valence-electron chi connectivity index (χ2n) is 6.95. The number of allylic oxidation sites excluding steroid dienone is 4. The van der Waals surface area contributed by atoms with E-state index in [0.29, 0.717) is 0 Å². The van der Waals surface area contributed by atoms with Crippen molar-refractivity contribution in [2.75, 3.05) is 0 Å². The van der Waals surface area contributed by atoms with Gasteiger partial charge >= 0.3 is 0 Å². The molecule has 0 saturated carbocycles. The van der Waals surface area contributed by atoms with Crippen LogP contribution in [0, 0.1) is 0 Å². The van der Waals surface area contributed by atoms with E-state index in [2.05, 4.69) is 71.1 Å². The van der Waals surface area contributed by atoms with Crippen molar-refractivity contribution < 1.29 is 0 Å². The maximum absolute atomic E-state index is 3.60. The third-order valence-electron chi connectivity index (χ3n) is 4.25. The van der Waals surface area contributed by atoms with Gasteiger partial charge in [0.1, 0.15) is 0 Å². The number of nitrogens with one attached hydrogen (secondary N) is 1. The van der Waals surface area contributed by atoms with Crippen LogP contribution in [0.15, 0.2) is 41.0 Å². The maximum atomic E-state index is 3.60. The molecule has 0 amide bonds. The van der Waals surface area contributed by atoms with Crippen molar-refractivity contribution in [1.29, 1.82) is 0 Å². The molecular weight excluding hydrogens is 242 g/mol. The van der Waals surface area contributed by atoms with Gasteiger partial charge in [-0.15, -0.1) is 0 Å². The molecule has 1 aromatic rings. The monoisotopic (exact) mass is 269 g/mol. The zero-order chi connectivity index (χ0) is 14.9. The van der Waals surface area contributed by atoms with E-state index in [4.69, 9.17) is 0 Å². The minimum Gasteiger partial charge on any atom is -0.308 e. The van der Waals surface area contributed by atoms with Crippen molar-refractivity contribution in [3.8, 4) is 0 Å². The Labute approximate surface area is 123 Å². The first-order valence-corrected chi connectivity index (χ1v) is 7.49. The van der Waals surface area contributed by atoms with Crippen LogP contribution in [0.4, 0.5) is 0 Å². The third-order valence-corrected chi connectivity index (χ3v) is 4.25. The van der Waals surface area contributed by atoms with E-state index in [1.54, 1.807) is 0 Å². The van der Waals surface area contributed by atoms with E-state index in [9.17, 15) is 0 Å². The zero-order valence-electron chi connectivity index (χ0n) is 13.7. The molecule has 0 unspecified atom stereocenters. The summed E-state index contributed by atoms with van der Waals surface area (Å²) in [5.41, 5.74) is 8.92. The average Bonchev–Trinajstić information content (AvgIpc) is 2.64. The van der Waals surface area contributed by atoms with Crippen LogP contribution in [0.3, 0.4) is 0 Å². The van der Waals surface area contributed by atoms with Gasteiger partial charge in [-0.25, -0.2) is 0 Å². The molecule has 0 bridgehead atoms. The molecule has 0 radical (unpaired) electrons. The summed E-state index contributed by atoms with van der Waals surface area (Å²) in [4.78, 5) is 0. The molecule has 1 N–H and O–H groups in total. The molecule has 0 saturated heterocycles. The van der Waals surface area contributed by atoms with E-state index in [0.717, 1.165) is 13.0 Å². The molecule has 0 fully saturated rings. The molecule has 1 heteroatoms. The lowest BCUT2D eigenvalue weighted by Crippen LogP contribution is -2.35. The highest BCUT2D eigenvalue weighted by Crippen LogP contribution is 2.38. The molecule has 20 heavy (non-hydrogen) atoms. The number of rotatable bonds is 3. The molecule has 0 atom stereocenters. The lowest BCUT2D eigenvalue weighted by atomic mass is 9.95. The average molecular weight is 269 g/mol. The van der Waals surface area contributed by atoms with E-state index in [1.165, 1.54) is 33.4 Å². The number of hydrogen-bond donors (Lipinski definition) is 1. The highest BCUT2D eigenvalue weighted by Gasteiger charge is 2.19. The minimum absolute atomic E-state index is 0.149. The van der Waals surface area contributed by atoms with Crippen molar-refractivity contribution in [3.05, 3.63) is 52.1 Å². The summed E-state index contributed by atoms with van der Waals surface area (Å²) in [5, 5.41) is 3.60. The van der Waals surface area contributed by atoms with Crippen molar-refractivity contribution in [1.82, 2.24) is 5.32 Å². The Bertz CT molecular complexity index is 568. The molecule has 0 heterocycles. The Morgan fingerprint density at radius 1 is 1.00 bits per heavy atom. The summed E-state index contributed by atoms with van der Waals surface area (Å²) < 4.78 is 0. The fourth-order valence-electron chi connectivity index (χ4n) is 2.70. The minimum atomic E-state index is 0.149. The summed E-state index contributed by atoms with van der Waals surface area (Å²) in [5.74, 6) is 0. The van der Waals surface area contributed by atoms with Gasteiger partial charge in [0.25, 0.3) is 0 Å². The topological polar surface area (TPSA) is 12.0 Å². The largest absolute Gasteiger partial charge is 0.308 e. The van der Waals surface area contributed by atoms with Gasteiger partial charge in [-0.3, -0.25) is 0 Å². The van der Waals surface area contributed by atoms with Gasteiger partial charge < -0.3 is 5.32 Å². The predicted molar refractivity (Wildman–Crippen MR) is 88.6 cm³/mol. The summed E-state index contributed by atoms with van der Waals surface area (Å²) >= 11 is 0. The Morgan fingerprint density at radius 3 is 2.20 bits per heavy atom. The second-order valence-corrected chi connectivity index (χ2v) is 6.95. The van der Waals surface area contributed by atoms with Gasteiger partial charge in [-0.1, -0.05) is 29.8 Å². The van der Waals surface area contributed by atoms with E-state index in [1.807, 2.05) is 0 Å². The Balaban J connectivity index is 2.31. The van der Waals surface area contributed by atoms with E-state index >= 15 is 0 Å². The molecule has 0 aromatic heterocycles. The van der Waals surface area contributed by atoms with Crippen LogP contribution in [0.25, 0.3) is 5.57 Å². The van der Waals surface area contributed by atoms with Gasteiger partial charge in [0.2, 0.25) is 0 Å². The zero-order valence-corrected chi connectivity index (χ0v) is 13.7. The highest BCUT2D eigenvalue weighted by molar-refractivity contribution is 5.79. The Hall–Kier alpha value is -1.34. The summed E-state index contributed by atoms with van der Waals surface area (Å²) in [6, 6.07) is 8.81. The first-order chi connectivity index (χ1) is 9.29. The molecule has 108 valence electrons. The quantitative estimate of drug-likeness (QED) is 0.806. The van der Waals surface area contributed by atoms with Gasteiger partial charge in [-0.05, 0) is 75.8 Å². The predicted octanol–water partition coefficient (Wildman–Crippen LogP) is 5.09.